The van der Waals surface area contributed by atoms with Crippen LogP contribution in [0.1, 0.15) is 43.5 Å². The highest BCUT2D eigenvalue weighted by atomic mass is 32.2. The molecule has 4 rings (SSSR count). The van der Waals surface area contributed by atoms with Crippen LogP contribution in [-0.2, 0) is 16.1 Å². The van der Waals surface area contributed by atoms with E-state index in [-0.39, 0.29) is 27.9 Å². The number of piperidine rings is 1. The van der Waals surface area contributed by atoms with Crippen molar-refractivity contribution in [1.82, 2.24) is 14.7 Å². The maximum atomic E-state index is 14.7. The highest BCUT2D eigenvalue weighted by Crippen LogP contribution is 2.40. The Kier molecular flexibility index (Phi) is 7.23. The van der Waals surface area contributed by atoms with E-state index in [0.717, 1.165) is 24.1 Å². The molecule has 2 aliphatic rings. The van der Waals surface area contributed by atoms with Crippen molar-refractivity contribution in [3.8, 4) is 0 Å². The van der Waals surface area contributed by atoms with Crippen LogP contribution in [0.2, 0.25) is 0 Å². The summed E-state index contributed by atoms with van der Waals surface area (Å²) in [6, 6.07) is 7.88. The van der Waals surface area contributed by atoms with Crippen molar-refractivity contribution in [3.05, 3.63) is 59.2 Å². The van der Waals surface area contributed by atoms with Crippen LogP contribution >= 0.6 is 11.8 Å². The number of rotatable bonds is 8. The number of nitrogens with two attached hydrogens (primary N) is 1. The molecule has 1 saturated carbocycles. The zero-order chi connectivity index (χ0) is 22.7. The summed E-state index contributed by atoms with van der Waals surface area (Å²) in [5, 5.41) is 4.62. The fourth-order valence-corrected chi connectivity index (χ4v) is 5.21. The fourth-order valence-electron chi connectivity index (χ4n) is 4.30. The van der Waals surface area contributed by atoms with E-state index in [1.165, 1.54) is 17.8 Å². The predicted molar refractivity (Wildman–Crippen MR) is 124 cm³/mol. The summed E-state index contributed by atoms with van der Waals surface area (Å²) in [5.74, 6) is -0.236. The van der Waals surface area contributed by atoms with Crippen LogP contribution in [0.3, 0.4) is 0 Å². The monoisotopic (exact) mass is 456 g/mol. The molecule has 0 amide bonds. The number of likely N-dealkylation sites (tertiary alicyclic amines) is 1. The zero-order valence-corrected chi connectivity index (χ0v) is 19.1. The first-order valence-electron chi connectivity index (χ1n) is 11.1. The van der Waals surface area contributed by atoms with E-state index in [2.05, 4.69) is 10.00 Å². The van der Waals surface area contributed by atoms with Crippen molar-refractivity contribution in [2.45, 2.75) is 44.0 Å². The van der Waals surface area contributed by atoms with Gasteiger partial charge in [0.15, 0.2) is 10.9 Å². The van der Waals surface area contributed by atoms with E-state index in [0.29, 0.717) is 38.2 Å². The van der Waals surface area contributed by atoms with Crippen molar-refractivity contribution >= 4 is 28.7 Å². The summed E-state index contributed by atoms with van der Waals surface area (Å²) in [4.78, 5) is 27.2. The van der Waals surface area contributed by atoms with Crippen molar-refractivity contribution in [2.75, 3.05) is 19.6 Å². The summed E-state index contributed by atoms with van der Waals surface area (Å²) in [6.45, 7) is 3.82. The van der Waals surface area contributed by atoms with Crippen LogP contribution in [0, 0.1) is 11.7 Å². The van der Waals surface area contributed by atoms with Gasteiger partial charge in [-0.1, -0.05) is 30.0 Å². The van der Waals surface area contributed by atoms with Gasteiger partial charge in [-0.3, -0.25) is 19.2 Å². The third-order valence-corrected chi connectivity index (χ3v) is 7.11. The molecule has 0 spiro atoms. The minimum Gasteiger partial charge on any atom is -0.329 e. The van der Waals surface area contributed by atoms with Crippen molar-refractivity contribution in [3.63, 3.8) is 0 Å². The fraction of sp³-hybridized carbons (Fsp3) is 0.458. The lowest BCUT2D eigenvalue weighted by Gasteiger charge is -2.38. The van der Waals surface area contributed by atoms with Gasteiger partial charge in [0.1, 0.15) is 5.82 Å². The Morgan fingerprint density at radius 3 is 2.75 bits per heavy atom. The molecule has 2 fully saturated rings. The molecule has 1 aliphatic heterocycles. The van der Waals surface area contributed by atoms with Crippen LogP contribution in [0.15, 0.2) is 42.1 Å². The van der Waals surface area contributed by atoms with Crippen LogP contribution in [0.5, 0.6) is 0 Å². The van der Waals surface area contributed by atoms with Gasteiger partial charge in [-0.05, 0) is 43.0 Å². The number of hydrogen-bond donors (Lipinski definition) is 1. The summed E-state index contributed by atoms with van der Waals surface area (Å²) in [7, 11) is 0. The van der Waals surface area contributed by atoms with Gasteiger partial charge < -0.3 is 5.73 Å². The number of carbonyl (C=O) groups excluding carboxylic acids is 2. The average molecular weight is 457 g/mol. The van der Waals surface area contributed by atoms with E-state index in [9.17, 15) is 14.0 Å². The zero-order valence-electron chi connectivity index (χ0n) is 18.2. The molecule has 2 aromatic rings. The number of benzene rings is 1. The first-order valence-corrected chi connectivity index (χ1v) is 12.0. The quantitative estimate of drug-likeness (QED) is 0.655. The molecule has 170 valence electrons. The van der Waals surface area contributed by atoms with E-state index >= 15 is 0 Å². The van der Waals surface area contributed by atoms with Gasteiger partial charge in [0.25, 0.3) is 0 Å². The third-order valence-electron chi connectivity index (χ3n) is 5.95. The Morgan fingerprint density at radius 2 is 2.06 bits per heavy atom. The smallest absolute Gasteiger partial charge is 0.186 e. The van der Waals surface area contributed by atoms with Gasteiger partial charge in [0.05, 0.1) is 18.3 Å². The van der Waals surface area contributed by atoms with E-state index in [1.54, 1.807) is 29.8 Å². The normalized spacial score (nSPS) is 21.6. The molecular weight excluding hydrogens is 427 g/mol. The number of thioether (sulfide) groups is 1. The van der Waals surface area contributed by atoms with E-state index in [1.807, 2.05) is 18.3 Å². The topological polar surface area (TPSA) is 81.2 Å². The van der Waals surface area contributed by atoms with Crippen molar-refractivity contribution in [2.24, 2.45) is 11.7 Å². The van der Waals surface area contributed by atoms with E-state index in [4.69, 9.17) is 5.73 Å². The second-order valence-corrected chi connectivity index (χ2v) is 9.85. The second kappa shape index (κ2) is 10.1. The molecule has 32 heavy (non-hydrogen) atoms. The van der Waals surface area contributed by atoms with Crippen LogP contribution in [-0.4, -0.2) is 50.5 Å². The molecule has 1 aromatic carbocycles. The lowest BCUT2D eigenvalue weighted by molar-refractivity contribution is -0.126. The minimum absolute atomic E-state index is 0.0145. The Morgan fingerprint density at radius 1 is 1.28 bits per heavy atom. The molecule has 6 nitrogen and oxygen atoms in total. The van der Waals surface area contributed by atoms with Crippen LogP contribution in [0.4, 0.5) is 4.39 Å². The SMILES string of the molecule is CC(=O)SC1CCN(C(C(=O)C2CC2)c2ccccc2F)C/C1=C\c1ccn(CCN)n1. The Bertz CT molecular complexity index is 1020. The molecule has 2 unspecified atom stereocenters. The Balaban J connectivity index is 1.65. The molecule has 0 radical (unpaired) electrons. The van der Waals surface area contributed by atoms with Gasteiger partial charge in [-0.2, -0.15) is 5.10 Å². The molecule has 0 bridgehead atoms. The molecule has 1 saturated heterocycles. The lowest BCUT2D eigenvalue weighted by atomic mass is 9.93. The summed E-state index contributed by atoms with van der Waals surface area (Å²) in [6.07, 6.45) is 6.34. The van der Waals surface area contributed by atoms with Gasteiger partial charge in [0.2, 0.25) is 0 Å². The Labute approximate surface area is 192 Å². The molecule has 1 aromatic heterocycles. The van der Waals surface area contributed by atoms with Crippen molar-refractivity contribution < 1.29 is 14.0 Å². The minimum atomic E-state index is -0.606. The van der Waals surface area contributed by atoms with Crippen LogP contribution in [0.25, 0.3) is 6.08 Å². The third kappa shape index (κ3) is 5.36. The Hall–Kier alpha value is -2.29. The van der Waals surface area contributed by atoms with Gasteiger partial charge >= 0.3 is 0 Å². The summed E-state index contributed by atoms with van der Waals surface area (Å²) in [5.41, 5.74) is 7.88. The second-order valence-electron chi connectivity index (χ2n) is 8.47. The molecule has 1 aliphatic carbocycles. The average Bonchev–Trinajstić information content (AvgIpc) is 3.52. The lowest BCUT2D eigenvalue weighted by Crippen LogP contribution is -2.43. The number of Topliss-reactive ketones (excluding diaryl/α,β-unsaturated/α-hetero) is 1. The number of nitrogens with zero attached hydrogens (tertiary/aromatic N) is 3. The van der Waals surface area contributed by atoms with Gasteiger partial charge in [0, 0.05) is 49.5 Å². The van der Waals surface area contributed by atoms with Crippen LogP contribution < -0.4 is 5.73 Å². The molecule has 2 atom stereocenters. The number of carbonyl (C=O) groups is 2. The predicted octanol–water partition coefficient (Wildman–Crippen LogP) is 3.44. The van der Waals surface area contributed by atoms with Gasteiger partial charge in [-0.25, -0.2) is 4.39 Å². The molecule has 2 N–H and O–H groups in total. The first kappa shape index (κ1) is 22.9. The van der Waals surface area contributed by atoms with Crippen molar-refractivity contribution in [1.29, 1.82) is 0 Å². The van der Waals surface area contributed by atoms with E-state index < -0.39 is 6.04 Å². The first-order chi connectivity index (χ1) is 15.5. The number of ketones is 1. The largest absolute Gasteiger partial charge is 0.329 e. The highest BCUT2D eigenvalue weighted by Gasteiger charge is 2.41. The molecule has 8 heteroatoms. The highest BCUT2D eigenvalue weighted by molar-refractivity contribution is 8.14. The maximum Gasteiger partial charge on any atom is 0.186 e. The standard InChI is InChI=1S/C24H29FN4O2S/c1-16(30)32-22-9-11-28(15-18(22)14-19-8-12-29(27-19)13-10-26)23(24(31)17-6-7-17)20-4-2-3-5-21(20)25/h2-5,8,12,14,17,22-23H,6-7,9-11,13,15,26H2,1H3/b18-14+. The van der Waals surface area contributed by atoms with Gasteiger partial charge in [-0.15, -0.1) is 0 Å². The number of aromatic nitrogens is 2. The summed E-state index contributed by atoms with van der Waals surface area (Å²) >= 11 is 1.31. The number of halogens is 1. The maximum absolute atomic E-state index is 14.7. The molecule has 2 heterocycles. The number of hydrogen-bond acceptors (Lipinski definition) is 6. The summed E-state index contributed by atoms with van der Waals surface area (Å²) < 4.78 is 16.5. The molecular formula is C24H29FN4O2S.